The van der Waals surface area contributed by atoms with E-state index >= 15 is 0 Å². The molecule has 0 spiro atoms. The maximum Gasteiger partial charge on any atom is 0.418 e. The molecule has 0 aromatic heterocycles. The number of rotatable bonds is 4. The zero-order valence-electron chi connectivity index (χ0n) is 13.5. The predicted octanol–water partition coefficient (Wildman–Crippen LogP) is 4.33. The fourth-order valence-corrected chi connectivity index (χ4v) is 2.24. The molecule has 0 radical (unpaired) electrons. The highest BCUT2D eigenvalue weighted by molar-refractivity contribution is 6.44. The van der Waals surface area contributed by atoms with Gasteiger partial charge in [-0.25, -0.2) is 0 Å². The summed E-state index contributed by atoms with van der Waals surface area (Å²) >= 11 is 5.57. The van der Waals surface area contributed by atoms with Gasteiger partial charge in [0.2, 0.25) is 0 Å². The Morgan fingerprint density at radius 1 is 1.04 bits per heavy atom. The number of hydrogen-bond donors (Lipinski definition) is 2. The van der Waals surface area contributed by atoms with E-state index in [0.29, 0.717) is 18.4 Å². The highest BCUT2D eigenvalue weighted by Crippen LogP contribution is 2.36. The summed E-state index contributed by atoms with van der Waals surface area (Å²) in [6.07, 6.45) is -4.74. The number of amides is 2. The summed E-state index contributed by atoms with van der Waals surface area (Å²) in [5, 5.41) is 4.10. The van der Waals surface area contributed by atoms with Gasteiger partial charge in [-0.2, -0.15) is 13.2 Å². The Morgan fingerprint density at radius 2 is 1.65 bits per heavy atom. The molecule has 2 N–H and O–H groups in total. The Balaban J connectivity index is 2.17. The van der Waals surface area contributed by atoms with Crippen LogP contribution in [0.2, 0.25) is 5.02 Å². The SMILES string of the molecule is CCOc1ccccc1NC(=O)C(=O)Nc1ccc(Cl)cc1C(F)(F)F. The van der Waals surface area contributed by atoms with Crippen molar-refractivity contribution in [2.45, 2.75) is 13.1 Å². The van der Waals surface area contributed by atoms with Crippen molar-refractivity contribution in [1.29, 1.82) is 0 Å². The Kier molecular flexibility index (Phi) is 6.10. The summed E-state index contributed by atoms with van der Waals surface area (Å²) in [7, 11) is 0. The van der Waals surface area contributed by atoms with E-state index in [0.717, 1.165) is 6.07 Å². The van der Waals surface area contributed by atoms with Gasteiger partial charge >= 0.3 is 18.0 Å². The maximum absolute atomic E-state index is 13.0. The first-order valence-electron chi connectivity index (χ1n) is 7.43. The number of carbonyl (C=O) groups excluding carboxylic acids is 2. The predicted molar refractivity (Wildman–Crippen MR) is 91.3 cm³/mol. The van der Waals surface area contributed by atoms with Gasteiger partial charge in [0, 0.05) is 5.02 Å². The molecule has 0 fully saturated rings. The standard InChI is InChI=1S/C17H14ClF3N2O3/c1-2-26-14-6-4-3-5-13(14)23-16(25)15(24)22-12-8-7-10(18)9-11(12)17(19,20)21/h3-9H,2H2,1H3,(H,22,24)(H,23,25). The Morgan fingerprint density at radius 3 is 2.27 bits per heavy atom. The normalized spacial score (nSPS) is 11.0. The molecule has 138 valence electrons. The second-order valence-electron chi connectivity index (χ2n) is 5.03. The number of carbonyl (C=O) groups is 2. The van der Waals surface area contributed by atoms with E-state index in [2.05, 4.69) is 5.32 Å². The fraction of sp³-hybridized carbons (Fsp3) is 0.176. The lowest BCUT2D eigenvalue weighted by molar-refractivity contribution is -0.137. The van der Waals surface area contributed by atoms with E-state index in [1.165, 1.54) is 12.1 Å². The number of halogens is 4. The minimum absolute atomic E-state index is 0.148. The van der Waals surface area contributed by atoms with E-state index in [9.17, 15) is 22.8 Å². The van der Waals surface area contributed by atoms with Gasteiger partial charge in [0.05, 0.1) is 23.5 Å². The highest BCUT2D eigenvalue weighted by atomic mass is 35.5. The van der Waals surface area contributed by atoms with E-state index < -0.39 is 29.2 Å². The number of anilines is 2. The molecule has 0 aliphatic rings. The van der Waals surface area contributed by atoms with Crippen molar-refractivity contribution in [1.82, 2.24) is 0 Å². The second-order valence-corrected chi connectivity index (χ2v) is 5.46. The molecular formula is C17H14ClF3N2O3. The monoisotopic (exact) mass is 386 g/mol. The van der Waals surface area contributed by atoms with Gasteiger partial charge in [-0.05, 0) is 37.3 Å². The molecule has 0 saturated carbocycles. The average Bonchev–Trinajstić information content (AvgIpc) is 2.57. The number of para-hydroxylation sites is 2. The lowest BCUT2D eigenvalue weighted by atomic mass is 10.1. The molecule has 0 aliphatic carbocycles. The first-order valence-corrected chi connectivity index (χ1v) is 7.81. The number of hydrogen-bond acceptors (Lipinski definition) is 3. The fourth-order valence-electron chi connectivity index (χ4n) is 2.07. The van der Waals surface area contributed by atoms with Crippen LogP contribution in [0, 0.1) is 0 Å². The van der Waals surface area contributed by atoms with Crippen molar-refractivity contribution < 1.29 is 27.5 Å². The van der Waals surface area contributed by atoms with Crippen LogP contribution in [0.25, 0.3) is 0 Å². The molecule has 2 rings (SSSR count). The van der Waals surface area contributed by atoms with Crippen LogP contribution in [0.5, 0.6) is 5.75 Å². The first kappa shape index (κ1) is 19.6. The molecule has 26 heavy (non-hydrogen) atoms. The van der Waals surface area contributed by atoms with E-state index in [-0.39, 0.29) is 10.7 Å². The molecule has 9 heteroatoms. The van der Waals surface area contributed by atoms with Gasteiger partial charge in [0.1, 0.15) is 5.75 Å². The summed E-state index contributed by atoms with van der Waals surface area (Å²) in [6.45, 7) is 2.07. The molecule has 5 nitrogen and oxygen atoms in total. The lowest BCUT2D eigenvalue weighted by Gasteiger charge is -2.14. The van der Waals surface area contributed by atoms with Crippen molar-refractivity contribution in [3.05, 3.63) is 53.1 Å². The van der Waals surface area contributed by atoms with E-state index in [1.54, 1.807) is 25.1 Å². The lowest BCUT2D eigenvalue weighted by Crippen LogP contribution is -2.30. The van der Waals surface area contributed by atoms with Crippen molar-refractivity contribution >= 4 is 34.8 Å². The second kappa shape index (κ2) is 8.09. The Labute approximate surface area is 152 Å². The van der Waals surface area contributed by atoms with Crippen LogP contribution in [-0.4, -0.2) is 18.4 Å². The zero-order valence-corrected chi connectivity index (χ0v) is 14.2. The molecule has 0 saturated heterocycles. The van der Waals surface area contributed by atoms with Gasteiger partial charge in [-0.15, -0.1) is 0 Å². The number of benzene rings is 2. The molecule has 2 amide bonds. The quantitative estimate of drug-likeness (QED) is 0.768. The molecule has 0 aliphatic heterocycles. The third-order valence-corrected chi connectivity index (χ3v) is 3.41. The third kappa shape index (κ3) is 4.89. The summed E-state index contributed by atoms with van der Waals surface area (Å²) in [6, 6.07) is 9.18. The first-order chi connectivity index (χ1) is 12.2. The van der Waals surface area contributed by atoms with Crippen molar-refractivity contribution in [2.24, 2.45) is 0 Å². The van der Waals surface area contributed by atoms with Crippen molar-refractivity contribution in [3.8, 4) is 5.75 Å². The zero-order chi connectivity index (χ0) is 19.3. The van der Waals surface area contributed by atoms with Gasteiger partial charge in [-0.1, -0.05) is 23.7 Å². The molecule has 0 atom stereocenters. The molecular weight excluding hydrogens is 373 g/mol. The average molecular weight is 387 g/mol. The smallest absolute Gasteiger partial charge is 0.418 e. The summed E-state index contributed by atoms with van der Waals surface area (Å²) in [5.74, 6) is -2.07. The van der Waals surface area contributed by atoms with Crippen LogP contribution in [0.1, 0.15) is 12.5 Å². The van der Waals surface area contributed by atoms with Gasteiger partial charge in [0.15, 0.2) is 0 Å². The molecule has 0 unspecified atom stereocenters. The minimum atomic E-state index is -4.74. The van der Waals surface area contributed by atoms with Crippen LogP contribution in [0.4, 0.5) is 24.5 Å². The van der Waals surface area contributed by atoms with Crippen LogP contribution < -0.4 is 15.4 Å². The Bertz CT molecular complexity index is 825. The summed E-state index contributed by atoms with van der Waals surface area (Å²) in [4.78, 5) is 24.0. The highest BCUT2D eigenvalue weighted by Gasteiger charge is 2.34. The van der Waals surface area contributed by atoms with E-state index in [1.807, 2.05) is 5.32 Å². The number of alkyl halides is 3. The summed E-state index contributed by atoms with van der Waals surface area (Å²) < 4.78 is 44.4. The van der Waals surface area contributed by atoms with Gasteiger partial charge in [-0.3, -0.25) is 9.59 Å². The van der Waals surface area contributed by atoms with Crippen molar-refractivity contribution in [2.75, 3.05) is 17.2 Å². The van der Waals surface area contributed by atoms with Crippen molar-refractivity contribution in [3.63, 3.8) is 0 Å². The topological polar surface area (TPSA) is 67.4 Å². The van der Waals surface area contributed by atoms with Gasteiger partial charge < -0.3 is 15.4 Å². The molecule has 0 bridgehead atoms. The summed E-state index contributed by atoms with van der Waals surface area (Å²) in [5.41, 5.74) is -1.50. The number of nitrogens with one attached hydrogen (secondary N) is 2. The number of ether oxygens (including phenoxy) is 1. The molecule has 2 aromatic rings. The molecule has 0 heterocycles. The third-order valence-electron chi connectivity index (χ3n) is 3.18. The van der Waals surface area contributed by atoms with Crippen LogP contribution in [-0.2, 0) is 15.8 Å². The van der Waals surface area contributed by atoms with Crippen LogP contribution in [0.15, 0.2) is 42.5 Å². The molecule has 2 aromatic carbocycles. The van der Waals surface area contributed by atoms with E-state index in [4.69, 9.17) is 16.3 Å². The Hall–Kier alpha value is -2.74. The maximum atomic E-state index is 13.0. The van der Waals surface area contributed by atoms with Crippen LogP contribution in [0.3, 0.4) is 0 Å². The van der Waals surface area contributed by atoms with Gasteiger partial charge in [0.25, 0.3) is 0 Å². The minimum Gasteiger partial charge on any atom is -0.492 e. The largest absolute Gasteiger partial charge is 0.492 e. The van der Waals surface area contributed by atoms with Crippen LogP contribution >= 0.6 is 11.6 Å².